The lowest BCUT2D eigenvalue weighted by atomic mass is 9.98. The van der Waals surface area contributed by atoms with Crippen LogP contribution in [0.15, 0.2) is 53.4 Å². The predicted octanol–water partition coefficient (Wildman–Crippen LogP) is 2.13. The molecule has 7 nitrogen and oxygen atoms in total. The molecule has 0 aliphatic carbocycles. The summed E-state index contributed by atoms with van der Waals surface area (Å²) in [6, 6.07) is 13.4. The van der Waals surface area contributed by atoms with Gasteiger partial charge in [-0.1, -0.05) is 18.2 Å². The second-order valence-electron chi connectivity index (χ2n) is 6.88. The molecular weight excluding hydrogens is 378 g/mol. The Labute approximate surface area is 164 Å². The average Bonchev–Trinajstić information content (AvgIpc) is 2.70. The molecule has 3 rings (SSSR count). The molecule has 0 saturated carbocycles. The van der Waals surface area contributed by atoms with Gasteiger partial charge >= 0.3 is 0 Å². The van der Waals surface area contributed by atoms with Gasteiger partial charge in [-0.25, -0.2) is 8.42 Å². The monoisotopic (exact) mass is 401 g/mol. The minimum atomic E-state index is -3.66. The highest BCUT2D eigenvalue weighted by Crippen LogP contribution is 2.26. The van der Waals surface area contributed by atoms with Crippen molar-refractivity contribution in [2.75, 3.05) is 18.4 Å². The van der Waals surface area contributed by atoms with Gasteiger partial charge in [0.1, 0.15) is 0 Å². The molecular formula is C20H23N3O4S. The van der Waals surface area contributed by atoms with Crippen molar-refractivity contribution in [3.8, 4) is 0 Å². The summed E-state index contributed by atoms with van der Waals surface area (Å²) in [5.74, 6) is -0.914. The highest BCUT2D eigenvalue weighted by atomic mass is 32.2. The van der Waals surface area contributed by atoms with E-state index in [1.165, 1.54) is 10.4 Å². The summed E-state index contributed by atoms with van der Waals surface area (Å²) >= 11 is 0. The molecule has 8 heteroatoms. The molecule has 28 heavy (non-hydrogen) atoms. The number of sulfonamides is 1. The van der Waals surface area contributed by atoms with Gasteiger partial charge in [-0.15, -0.1) is 0 Å². The molecule has 0 radical (unpaired) electrons. The third kappa shape index (κ3) is 4.23. The Hall–Kier alpha value is -2.71. The molecule has 1 saturated heterocycles. The van der Waals surface area contributed by atoms with E-state index in [1.54, 1.807) is 43.3 Å². The van der Waals surface area contributed by atoms with Crippen molar-refractivity contribution in [2.45, 2.75) is 24.7 Å². The topological polar surface area (TPSA) is 110 Å². The van der Waals surface area contributed by atoms with Gasteiger partial charge in [0.05, 0.1) is 4.90 Å². The highest BCUT2D eigenvalue weighted by molar-refractivity contribution is 7.89. The van der Waals surface area contributed by atoms with Crippen LogP contribution in [0.25, 0.3) is 0 Å². The Morgan fingerprint density at radius 2 is 1.71 bits per heavy atom. The lowest BCUT2D eigenvalue weighted by Gasteiger charge is -2.29. The molecule has 2 aromatic rings. The third-order valence-corrected chi connectivity index (χ3v) is 6.87. The van der Waals surface area contributed by atoms with E-state index in [4.69, 9.17) is 5.73 Å². The molecule has 0 spiro atoms. The zero-order valence-corrected chi connectivity index (χ0v) is 16.4. The SMILES string of the molecule is Cc1cc(S(=O)(=O)N2CCC(C(N)=O)CC2)ccc1NC(=O)c1ccccc1. The Bertz CT molecular complexity index is 982. The second kappa shape index (κ2) is 8.12. The number of amides is 2. The van der Waals surface area contributed by atoms with Crippen LogP contribution in [0, 0.1) is 12.8 Å². The molecule has 0 aromatic heterocycles. The zero-order chi connectivity index (χ0) is 20.3. The smallest absolute Gasteiger partial charge is 0.255 e. The lowest BCUT2D eigenvalue weighted by Crippen LogP contribution is -2.41. The van der Waals surface area contributed by atoms with Crippen LogP contribution in [0.3, 0.4) is 0 Å². The second-order valence-corrected chi connectivity index (χ2v) is 8.82. The fourth-order valence-electron chi connectivity index (χ4n) is 3.25. The number of nitrogens with zero attached hydrogens (tertiary/aromatic N) is 1. The number of nitrogens with two attached hydrogens (primary N) is 1. The summed E-state index contributed by atoms with van der Waals surface area (Å²) in [6.07, 6.45) is 0.859. The van der Waals surface area contributed by atoms with Crippen LogP contribution in [0.2, 0.25) is 0 Å². The highest BCUT2D eigenvalue weighted by Gasteiger charge is 2.31. The number of benzene rings is 2. The van der Waals surface area contributed by atoms with Crippen LogP contribution in [-0.2, 0) is 14.8 Å². The van der Waals surface area contributed by atoms with Gasteiger partial charge in [-0.05, 0) is 55.7 Å². The summed E-state index contributed by atoms with van der Waals surface area (Å²) < 4.78 is 27.2. The van der Waals surface area contributed by atoms with Gasteiger partial charge in [0.25, 0.3) is 5.91 Å². The number of hydrogen-bond acceptors (Lipinski definition) is 4. The quantitative estimate of drug-likeness (QED) is 0.800. The third-order valence-electron chi connectivity index (χ3n) is 4.98. The first-order chi connectivity index (χ1) is 13.3. The summed E-state index contributed by atoms with van der Waals surface area (Å²) in [6.45, 7) is 2.28. The van der Waals surface area contributed by atoms with Crippen LogP contribution in [0.1, 0.15) is 28.8 Å². The number of anilines is 1. The van der Waals surface area contributed by atoms with E-state index < -0.39 is 10.0 Å². The van der Waals surface area contributed by atoms with Gasteiger partial charge in [0.15, 0.2) is 0 Å². The van der Waals surface area contributed by atoms with Crippen molar-refractivity contribution in [1.29, 1.82) is 0 Å². The first-order valence-corrected chi connectivity index (χ1v) is 10.5. The fourth-order valence-corrected chi connectivity index (χ4v) is 4.81. The van der Waals surface area contributed by atoms with E-state index in [0.29, 0.717) is 29.7 Å². The maximum Gasteiger partial charge on any atom is 0.255 e. The Kier molecular flexibility index (Phi) is 5.81. The molecule has 1 heterocycles. The van der Waals surface area contributed by atoms with Crippen molar-refractivity contribution in [2.24, 2.45) is 11.7 Å². The number of aryl methyl sites for hydroxylation is 1. The van der Waals surface area contributed by atoms with Gasteiger partial charge in [0, 0.05) is 30.3 Å². The summed E-state index contributed by atoms with van der Waals surface area (Å²) in [4.78, 5) is 23.7. The number of nitrogens with one attached hydrogen (secondary N) is 1. The Morgan fingerprint density at radius 1 is 1.07 bits per heavy atom. The van der Waals surface area contributed by atoms with E-state index in [9.17, 15) is 18.0 Å². The molecule has 0 unspecified atom stereocenters. The molecule has 1 aliphatic rings. The number of carbonyl (C=O) groups excluding carboxylic acids is 2. The molecule has 0 bridgehead atoms. The number of piperidine rings is 1. The minimum absolute atomic E-state index is 0.167. The van der Waals surface area contributed by atoms with Crippen LogP contribution in [0.5, 0.6) is 0 Å². The number of carbonyl (C=O) groups is 2. The largest absolute Gasteiger partial charge is 0.369 e. The van der Waals surface area contributed by atoms with Gasteiger partial charge < -0.3 is 11.1 Å². The molecule has 148 valence electrons. The molecule has 3 N–H and O–H groups in total. The number of primary amides is 1. The van der Waals surface area contributed by atoms with Crippen molar-refractivity contribution in [3.05, 3.63) is 59.7 Å². The van der Waals surface area contributed by atoms with Crippen LogP contribution < -0.4 is 11.1 Å². The van der Waals surface area contributed by atoms with Crippen LogP contribution in [0.4, 0.5) is 5.69 Å². The van der Waals surface area contributed by atoms with Gasteiger partial charge in [0.2, 0.25) is 15.9 Å². The Balaban J connectivity index is 1.74. The fraction of sp³-hybridized carbons (Fsp3) is 0.300. The first-order valence-electron chi connectivity index (χ1n) is 9.05. The van der Waals surface area contributed by atoms with Crippen molar-refractivity contribution < 1.29 is 18.0 Å². The first kappa shape index (κ1) is 20.0. The number of rotatable bonds is 5. The summed E-state index contributed by atoms with van der Waals surface area (Å²) in [5.41, 5.74) is 7.04. The maximum absolute atomic E-state index is 12.9. The van der Waals surface area contributed by atoms with Gasteiger partial charge in [-0.3, -0.25) is 9.59 Å². The normalized spacial score (nSPS) is 15.9. The standard InChI is InChI=1S/C20H23N3O4S/c1-14-13-17(28(26,27)23-11-9-15(10-12-23)19(21)24)7-8-18(14)22-20(25)16-5-3-2-4-6-16/h2-8,13,15H,9-12H2,1H3,(H2,21,24)(H,22,25). The molecule has 2 amide bonds. The molecule has 1 aliphatic heterocycles. The minimum Gasteiger partial charge on any atom is -0.369 e. The predicted molar refractivity (Wildman–Crippen MR) is 106 cm³/mol. The summed E-state index contributed by atoms with van der Waals surface area (Å²) in [5, 5.41) is 2.80. The van der Waals surface area contributed by atoms with Crippen LogP contribution in [-0.4, -0.2) is 37.6 Å². The number of hydrogen-bond donors (Lipinski definition) is 2. The molecule has 2 aromatic carbocycles. The average molecular weight is 401 g/mol. The lowest BCUT2D eigenvalue weighted by molar-refractivity contribution is -0.122. The van der Waals surface area contributed by atoms with Gasteiger partial charge in [-0.2, -0.15) is 4.31 Å². The van der Waals surface area contributed by atoms with E-state index in [2.05, 4.69) is 5.32 Å². The summed E-state index contributed by atoms with van der Waals surface area (Å²) in [7, 11) is -3.66. The molecule has 0 atom stereocenters. The zero-order valence-electron chi connectivity index (χ0n) is 15.6. The van der Waals surface area contributed by atoms with Crippen molar-refractivity contribution in [3.63, 3.8) is 0 Å². The van der Waals surface area contributed by atoms with E-state index in [-0.39, 0.29) is 35.7 Å². The van der Waals surface area contributed by atoms with Crippen molar-refractivity contribution >= 4 is 27.5 Å². The van der Waals surface area contributed by atoms with E-state index >= 15 is 0 Å². The maximum atomic E-state index is 12.9. The Morgan fingerprint density at radius 3 is 2.29 bits per heavy atom. The van der Waals surface area contributed by atoms with Crippen LogP contribution >= 0.6 is 0 Å². The van der Waals surface area contributed by atoms with Crippen molar-refractivity contribution in [1.82, 2.24) is 4.31 Å². The van der Waals surface area contributed by atoms with E-state index in [1.807, 2.05) is 6.07 Å². The van der Waals surface area contributed by atoms with E-state index in [0.717, 1.165) is 0 Å². The molecule has 1 fully saturated rings.